The number of fused-ring (bicyclic) bond motifs is 1. The van der Waals surface area contributed by atoms with Crippen LogP contribution in [0, 0.1) is 11.8 Å². The van der Waals surface area contributed by atoms with Crippen LogP contribution < -0.4 is 55.3 Å². The average Bonchev–Trinajstić information content (AvgIpc) is 3.80. The molecule has 1 aliphatic heterocycles. The molecule has 424 valence electrons. The van der Waals surface area contributed by atoms with Gasteiger partial charge in [0, 0.05) is 87.5 Å². The van der Waals surface area contributed by atoms with Crippen LogP contribution in [0.2, 0.25) is 0 Å². The Labute approximate surface area is 454 Å². The third-order valence-corrected chi connectivity index (χ3v) is 13.6. The Morgan fingerprint density at radius 3 is 2.04 bits per heavy atom. The smallest absolute Gasteiger partial charge is 0.243 e. The lowest BCUT2D eigenvalue weighted by molar-refractivity contribution is -0.136. The molecule has 23 heteroatoms. The van der Waals surface area contributed by atoms with E-state index >= 15 is 0 Å². The Kier molecular flexibility index (Phi) is 26.1. The predicted molar refractivity (Wildman–Crippen MR) is 295 cm³/mol. The number of aromatic amines is 1. The maximum Gasteiger partial charge on any atom is 0.243 e. The summed E-state index contributed by atoms with van der Waals surface area (Å²) < 4.78 is 0. The van der Waals surface area contributed by atoms with Crippen molar-refractivity contribution >= 4 is 81.4 Å². The molecule has 0 aliphatic carbocycles. The number of carbonyl (C=O) groups is 10. The Morgan fingerprint density at radius 1 is 0.692 bits per heavy atom. The summed E-state index contributed by atoms with van der Waals surface area (Å²) in [7, 11) is 0. The Hall–Kier alpha value is -7.98. The fourth-order valence-corrected chi connectivity index (χ4v) is 9.42. The molecule has 7 atom stereocenters. The van der Waals surface area contributed by atoms with Crippen LogP contribution in [0.15, 0.2) is 70.8 Å². The molecule has 0 saturated carbocycles. The van der Waals surface area contributed by atoms with Gasteiger partial charge in [-0.1, -0.05) is 61.9 Å². The number of nitrogens with zero attached hydrogens (tertiary/aromatic N) is 2. The lowest BCUT2D eigenvalue weighted by Gasteiger charge is -2.27. The number of primary amides is 1. The standard InChI is InChI=1S/C55H79N13O10/c1-3-13-46(71)41-20-9-7-17-38(70)22-23-43(66-51(76)42(64-33(2)69)21-12-27-62-55(59)60)52(77)67-44(24-25-49(56)74)53(78)68-45(28-34-14-5-4-6-15-34)48(73)30-35(16-11-26-61-54(57)58)47(72)31-36(50(75)65-41)29-37-32-63-40-19-10-8-18-39(37)40/h4-6,8,10,14-15,18-19,32,35-36,41-45,63H,3,7,9,11-13,16-17,20-31H2,1-2H3,(H2,56,74)(H,64,69)(H,65,75)(H,66,76)(H,67,77)(H,68,78)(H4,57,58,61)(H4,59,60,62)/t35-,36-,41+,42+,43+,44+,45-/m1/s1. The normalized spacial score (nSPS) is 21.0. The molecule has 0 radical (unpaired) electrons. The van der Waals surface area contributed by atoms with Crippen LogP contribution in [0.5, 0.6) is 0 Å². The SMILES string of the molecule is CCCC(=O)[C@@H]1CCCCC(=O)CC[C@H](NC(=O)[C@H](CCCN=C(N)N)NC(C)=O)C(=O)N[C@@H](CCC(N)=O)C(=O)N[C@H](Cc2ccccc2)C(=O)C[C@@H](CCCN=C(N)N)C(=O)C[C@@H](Cc2c[nH]c3ccccc23)C(=O)N1. The molecule has 1 saturated heterocycles. The lowest BCUT2D eigenvalue weighted by atomic mass is 9.83. The van der Waals surface area contributed by atoms with Crippen molar-refractivity contribution in [3.8, 4) is 0 Å². The van der Waals surface area contributed by atoms with Gasteiger partial charge < -0.3 is 60.2 Å². The van der Waals surface area contributed by atoms with E-state index in [1.165, 1.54) is 6.92 Å². The molecule has 1 aromatic heterocycles. The number of nitrogens with two attached hydrogens (primary N) is 5. The Balaban J connectivity index is 1.81. The van der Waals surface area contributed by atoms with Crippen molar-refractivity contribution in [2.75, 3.05) is 13.1 Å². The number of hydrogen-bond acceptors (Lipinski definition) is 12. The second-order valence-electron chi connectivity index (χ2n) is 19.9. The van der Waals surface area contributed by atoms with Crippen LogP contribution in [-0.4, -0.2) is 119 Å². The summed E-state index contributed by atoms with van der Waals surface area (Å²) in [4.78, 5) is 150. The third-order valence-electron chi connectivity index (χ3n) is 13.6. The molecule has 0 bridgehead atoms. The van der Waals surface area contributed by atoms with Crippen molar-refractivity contribution in [2.24, 2.45) is 50.5 Å². The van der Waals surface area contributed by atoms with Crippen LogP contribution in [0.1, 0.15) is 128 Å². The molecule has 3 aromatic rings. The molecule has 16 N–H and O–H groups in total. The van der Waals surface area contributed by atoms with E-state index in [0.29, 0.717) is 24.8 Å². The summed E-state index contributed by atoms with van der Waals surface area (Å²) in [6.07, 6.45) is 1.98. The van der Waals surface area contributed by atoms with Gasteiger partial charge in [0.15, 0.2) is 23.5 Å². The highest BCUT2D eigenvalue weighted by Crippen LogP contribution is 2.27. The first kappa shape index (κ1) is 62.6. The number of ketones is 4. The minimum Gasteiger partial charge on any atom is -0.370 e. The first-order valence-electron chi connectivity index (χ1n) is 26.8. The minimum absolute atomic E-state index is 0.00691. The number of hydrogen-bond donors (Lipinski definition) is 11. The van der Waals surface area contributed by atoms with Crippen LogP contribution in [-0.2, 0) is 60.8 Å². The van der Waals surface area contributed by atoms with Gasteiger partial charge in [-0.25, -0.2) is 0 Å². The monoisotopic (exact) mass is 1080 g/mol. The van der Waals surface area contributed by atoms with Gasteiger partial charge in [0.25, 0.3) is 0 Å². The van der Waals surface area contributed by atoms with E-state index in [2.05, 4.69) is 41.6 Å². The summed E-state index contributed by atoms with van der Waals surface area (Å²) >= 11 is 0. The van der Waals surface area contributed by atoms with Crippen LogP contribution in [0.4, 0.5) is 0 Å². The molecule has 0 spiro atoms. The lowest BCUT2D eigenvalue weighted by Crippen LogP contribution is -2.58. The van der Waals surface area contributed by atoms with Gasteiger partial charge in [0.05, 0.1) is 12.1 Å². The first-order valence-corrected chi connectivity index (χ1v) is 26.8. The van der Waals surface area contributed by atoms with E-state index in [-0.39, 0.29) is 120 Å². The summed E-state index contributed by atoms with van der Waals surface area (Å²) in [6, 6.07) is 9.78. The largest absolute Gasteiger partial charge is 0.370 e. The summed E-state index contributed by atoms with van der Waals surface area (Å²) in [6.45, 7) is 3.28. The maximum absolute atomic E-state index is 14.9. The summed E-state index contributed by atoms with van der Waals surface area (Å²) in [5.74, 6) is -8.40. The number of H-pyrrole nitrogens is 1. The summed E-state index contributed by atoms with van der Waals surface area (Å²) in [5, 5.41) is 14.4. The van der Waals surface area contributed by atoms with Gasteiger partial charge in [-0.2, -0.15) is 0 Å². The number of para-hydroxylation sites is 1. The summed E-state index contributed by atoms with van der Waals surface area (Å²) in [5.41, 5.74) is 29.9. The van der Waals surface area contributed by atoms with Gasteiger partial charge in [-0.3, -0.25) is 57.9 Å². The van der Waals surface area contributed by atoms with Crippen LogP contribution >= 0.6 is 0 Å². The van der Waals surface area contributed by atoms with Gasteiger partial charge in [-0.15, -0.1) is 0 Å². The number of nitrogens with one attached hydrogen (secondary N) is 6. The van der Waals surface area contributed by atoms with E-state index in [0.717, 1.165) is 16.5 Å². The fraction of sp³-hybridized carbons (Fsp3) is 0.527. The third kappa shape index (κ3) is 21.9. The number of guanidine groups is 2. The number of aromatic nitrogens is 1. The molecule has 6 amide bonds. The van der Waals surface area contributed by atoms with Crippen molar-refractivity contribution in [2.45, 2.75) is 160 Å². The van der Waals surface area contributed by atoms with Gasteiger partial charge in [0.1, 0.15) is 29.7 Å². The first-order chi connectivity index (χ1) is 37.2. The molecule has 2 aromatic carbocycles. The second-order valence-corrected chi connectivity index (χ2v) is 19.9. The number of rotatable bonds is 21. The predicted octanol–water partition coefficient (Wildman–Crippen LogP) is 1.21. The van der Waals surface area contributed by atoms with E-state index in [1.54, 1.807) is 36.5 Å². The highest BCUT2D eigenvalue weighted by Gasteiger charge is 2.35. The van der Waals surface area contributed by atoms with Crippen molar-refractivity contribution in [1.29, 1.82) is 0 Å². The second kappa shape index (κ2) is 32.6. The molecule has 1 aliphatic rings. The highest BCUT2D eigenvalue weighted by molar-refractivity contribution is 5.98. The van der Waals surface area contributed by atoms with Crippen molar-refractivity contribution in [1.82, 2.24) is 31.6 Å². The topological polar surface area (TPSA) is 401 Å². The Bertz CT molecular complexity index is 2610. The van der Waals surface area contributed by atoms with Gasteiger partial charge in [0.2, 0.25) is 35.4 Å². The van der Waals surface area contributed by atoms with E-state index < -0.39 is 102 Å². The van der Waals surface area contributed by atoms with Gasteiger partial charge >= 0.3 is 0 Å². The van der Waals surface area contributed by atoms with Crippen molar-refractivity contribution < 1.29 is 47.9 Å². The molecular weight excluding hydrogens is 1000 g/mol. The molecule has 0 unspecified atom stereocenters. The van der Waals surface area contributed by atoms with Crippen LogP contribution in [0.25, 0.3) is 10.9 Å². The zero-order valence-corrected chi connectivity index (χ0v) is 44.8. The number of aliphatic imine (C=N–C) groups is 2. The molecule has 4 rings (SSSR count). The zero-order chi connectivity index (χ0) is 57.1. The number of Topliss-reactive ketones (excluding diaryl/α,β-unsaturated/α-hetero) is 4. The van der Waals surface area contributed by atoms with E-state index in [4.69, 9.17) is 28.7 Å². The fourth-order valence-electron chi connectivity index (χ4n) is 9.42. The van der Waals surface area contributed by atoms with Crippen molar-refractivity contribution in [3.63, 3.8) is 0 Å². The number of carbonyl (C=O) groups excluding carboxylic acids is 10. The molecule has 1 fully saturated rings. The molecule has 23 nitrogen and oxygen atoms in total. The molecular formula is C55H79N13O10. The van der Waals surface area contributed by atoms with E-state index in [1.807, 2.05) is 31.2 Å². The maximum atomic E-state index is 14.9. The average molecular weight is 1080 g/mol. The number of amides is 6. The van der Waals surface area contributed by atoms with Crippen molar-refractivity contribution in [3.05, 3.63) is 71.9 Å². The van der Waals surface area contributed by atoms with Gasteiger partial charge in [-0.05, 0) is 87.8 Å². The van der Waals surface area contributed by atoms with Crippen LogP contribution in [0.3, 0.4) is 0 Å². The highest BCUT2D eigenvalue weighted by atomic mass is 16.2. The zero-order valence-electron chi connectivity index (χ0n) is 44.8. The molecule has 78 heavy (non-hydrogen) atoms. The molecule has 2 heterocycles. The minimum atomic E-state index is -1.53. The number of benzene rings is 2. The van der Waals surface area contributed by atoms with E-state index in [9.17, 15) is 47.9 Å². The quantitative estimate of drug-likeness (QED) is 0.0406. The Morgan fingerprint density at radius 2 is 1.36 bits per heavy atom.